The number of ether oxygens (including phenoxy) is 1. The first kappa shape index (κ1) is 14.5. The van der Waals surface area contributed by atoms with Crippen LogP contribution in [0.25, 0.3) is 0 Å². The number of nitrogens with zero attached hydrogens (tertiary/aromatic N) is 3. The monoisotopic (exact) mass is 285 g/mol. The molecule has 1 aliphatic rings. The van der Waals surface area contributed by atoms with Crippen molar-refractivity contribution in [3.63, 3.8) is 0 Å². The second-order valence-corrected chi connectivity index (χ2v) is 5.62. The van der Waals surface area contributed by atoms with Gasteiger partial charge in [-0.15, -0.1) is 10.2 Å². The molecule has 0 radical (unpaired) electrons. The zero-order valence-electron chi connectivity index (χ0n) is 11.6. The molecule has 0 unspecified atom stereocenters. The molecule has 0 amide bonds. The lowest BCUT2D eigenvalue weighted by Crippen LogP contribution is -2.46. The summed E-state index contributed by atoms with van der Waals surface area (Å²) in [6.07, 6.45) is 1.30. The minimum absolute atomic E-state index is 0.430. The van der Waals surface area contributed by atoms with Gasteiger partial charge in [0.15, 0.2) is 11.0 Å². The Hall–Kier alpha value is -0.910. The van der Waals surface area contributed by atoms with Gasteiger partial charge in [-0.1, -0.05) is 11.6 Å². The maximum atomic E-state index is 10.5. The first-order valence-corrected chi connectivity index (χ1v) is 6.81. The quantitative estimate of drug-likeness (QED) is 0.916. The molecule has 0 aliphatic carbocycles. The molecule has 1 aromatic heterocycles. The molecule has 0 saturated carbocycles. The van der Waals surface area contributed by atoms with E-state index in [4.69, 9.17) is 16.3 Å². The van der Waals surface area contributed by atoms with Crippen molar-refractivity contribution in [2.45, 2.75) is 32.3 Å². The van der Waals surface area contributed by atoms with Gasteiger partial charge < -0.3 is 14.7 Å². The van der Waals surface area contributed by atoms with Crippen molar-refractivity contribution < 1.29 is 9.84 Å². The van der Waals surface area contributed by atoms with Gasteiger partial charge in [0.25, 0.3) is 0 Å². The molecule has 2 heterocycles. The molecular weight excluding hydrogens is 266 g/mol. The fourth-order valence-corrected chi connectivity index (χ4v) is 2.53. The van der Waals surface area contributed by atoms with Gasteiger partial charge in [-0.25, -0.2) is 0 Å². The fourth-order valence-electron chi connectivity index (χ4n) is 2.35. The molecule has 0 bridgehead atoms. The first-order chi connectivity index (χ1) is 8.93. The van der Waals surface area contributed by atoms with E-state index in [1.54, 1.807) is 0 Å². The Balaban J connectivity index is 2.15. The summed E-state index contributed by atoms with van der Waals surface area (Å²) in [7, 11) is 1.91. The van der Waals surface area contributed by atoms with E-state index < -0.39 is 5.60 Å². The summed E-state index contributed by atoms with van der Waals surface area (Å²) in [6, 6.07) is 0. The highest BCUT2D eigenvalue weighted by molar-refractivity contribution is 6.30. The second kappa shape index (κ2) is 5.61. The third kappa shape index (κ3) is 3.16. The molecule has 1 aliphatic heterocycles. The number of anilines is 1. The van der Waals surface area contributed by atoms with Gasteiger partial charge in [-0.05, 0) is 25.0 Å². The van der Waals surface area contributed by atoms with Gasteiger partial charge in [0.05, 0.1) is 5.60 Å². The minimum Gasteiger partial charge on any atom is -0.388 e. The summed E-state index contributed by atoms with van der Waals surface area (Å²) in [5.74, 6) is 0.766. The molecule has 6 heteroatoms. The Labute approximate surface area is 118 Å². The Kier molecular flexibility index (Phi) is 4.28. The second-order valence-electron chi connectivity index (χ2n) is 5.26. The molecule has 0 atom stereocenters. The van der Waals surface area contributed by atoms with Gasteiger partial charge in [0, 0.05) is 39.6 Å². The number of halogens is 1. The molecule has 0 aromatic carbocycles. The van der Waals surface area contributed by atoms with Crippen LogP contribution in [0, 0.1) is 13.8 Å². The van der Waals surface area contributed by atoms with Crippen LogP contribution in [0.1, 0.15) is 24.0 Å². The van der Waals surface area contributed by atoms with Crippen LogP contribution in [-0.2, 0) is 4.74 Å². The molecule has 1 saturated heterocycles. The smallest absolute Gasteiger partial charge is 0.155 e. The molecule has 5 nitrogen and oxygen atoms in total. The van der Waals surface area contributed by atoms with E-state index in [-0.39, 0.29) is 0 Å². The van der Waals surface area contributed by atoms with Gasteiger partial charge >= 0.3 is 0 Å². The Morgan fingerprint density at radius 3 is 2.53 bits per heavy atom. The maximum Gasteiger partial charge on any atom is 0.155 e. The van der Waals surface area contributed by atoms with Crippen LogP contribution in [0.3, 0.4) is 0 Å². The largest absolute Gasteiger partial charge is 0.388 e. The van der Waals surface area contributed by atoms with Crippen molar-refractivity contribution in [3.8, 4) is 0 Å². The van der Waals surface area contributed by atoms with Gasteiger partial charge in [0.2, 0.25) is 0 Å². The van der Waals surface area contributed by atoms with E-state index in [9.17, 15) is 5.11 Å². The Morgan fingerprint density at radius 2 is 1.89 bits per heavy atom. The Morgan fingerprint density at radius 1 is 1.26 bits per heavy atom. The summed E-state index contributed by atoms with van der Waals surface area (Å²) in [5.41, 5.74) is 1.21. The number of hydrogen-bond donors (Lipinski definition) is 1. The third-order valence-electron chi connectivity index (χ3n) is 3.76. The van der Waals surface area contributed by atoms with E-state index in [0.717, 1.165) is 16.9 Å². The number of rotatable bonds is 3. The average molecular weight is 286 g/mol. The highest BCUT2D eigenvalue weighted by Gasteiger charge is 2.32. The van der Waals surface area contributed by atoms with Crippen LogP contribution >= 0.6 is 11.6 Å². The van der Waals surface area contributed by atoms with Gasteiger partial charge in [-0.2, -0.15) is 0 Å². The molecular formula is C13H20ClN3O2. The van der Waals surface area contributed by atoms with E-state index in [2.05, 4.69) is 10.2 Å². The van der Waals surface area contributed by atoms with E-state index >= 15 is 0 Å². The predicted octanol–water partition coefficient (Wildman–Crippen LogP) is 1.72. The van der Waals surface area contributed by atoms with Crippen molar-refractivity contribution in [2.75, 3.05) is 31.7 Å². The van der Waals surface area contributed by atoms with Crippen molar-refractivity contribution >= 4 is 17.4 Å². The summed E-state index contributed by atoms with van der Waals surface area (Å²) >= 11 is 5.95. The van der Waals surface area contributed by atoms with Crippen LogP contribution in [0.2, 0.25) is 5.15 Å². The molecule has 1 aromatic rings. The van der Waals surface area contributed by atoms with Crippen molar-refractivity contribution in [1.29, 1.82) is 0 Å². The van der Waals surface area contributed by atoms with E-state index in [1.807, 2.05) is 25.8 Å². The van der Waals surface area contributed by atoms with Gasteiger partial charge in [0.1, 0.15) is 0 Å². The van der Waals surface area contributed by atoms with Crippen molar-refractivity contribution in [2.24, 2.45) is 0 Å². The maximum absolute atomic E-state index is 10.5. The zero-order chi connectivity index (χ0) is 14.0. The SMILES string of the molecule is Cc1c(Cl)nnc(N(C)CC2(O)CCOCC2)c1C. The first-order valence-electron chi connectivity index (χ1n) is 6.43. The van der Waals surface area contributed by atoms with Crippen LogP contribution in [0.4, 0.5) is 5.82 Å². The zero-order valence-corrected chi connectivity index (χ0v) is 12.4. The minimum atomic E-state index is -0.714. The van der Waals surface area contributed by atoms with Crippen LogP contribution in [0.15, 0.2) is 0 Å². The molecule has 1 N–H and O–H groups in total. The van der Waals surface area contributed by atoms with Gasteiger partial charge in [-0.3, -0.25) is 0 Å². The van der Waals surface area contributed by atoms with Crippen LogP contribution < -0.4 is 4.90 Å². The van der Waals surface area contributed by atoms with Crippen molar-refractivity contribution in [1.82, 2.24) is 10.2 Å². The molecule has 19 heavy (non-hydrogen) atoms. The molecule has 1 fully saturated rings. The topological polar surface area (TPSA) is 58.5 Å². The van der Waals surface area contributed by atoms with E-state index in [1.165, 1.54) is 0 Å². The molecule has 2 rings (SSSR count). The highest BCUT2D eigenvalue weighted by Crippen LogP contribution is 2.27. The molecule has 106 valence electrons. The summed E-state index contributed by atoms with van der Waals surface area (Å²) in [6.45, 7) is 5.62. The average Bonchev–Trinajstić information content (AvgIpc) is 2.36. The van der Waals surface area contributed by atoms with E-state index in [0.29, 0.717) is 37.8 Å². The molecule has 0 spiro atoms. The lowest BCUT2D eigenvalue weighted by Gasteiger charge is -2.36. The summed E-state index contributed by atoms with van der Waals surface area (Å²) in [5, 5.41) is 19.0. The fraction of sp³-hybridized carbons (Fsp3) is 0.692. The lowest BCUT2D eigenvalue weighted by molar-refractivity contribution is -0.0573. The number of aromatic nitrogens is 2. The highest BCUT2D eigenvalue weighted by atomic mass is 35.5. The number of hydrogen-bond acceptors (Lipinski definition) is 5. The van der Waals surface area contributed by atoms with Crippen LogP contribution in [-0.4, -0.2) is 47.7 Å². The standard InChI is InChI=1S/C13H20ClN3O2/c1-9-10(2)12(16-15-11(9)14)17(3)8-13(18)4-6-19-7-5-13/h18H,4-8H2,1-3H3. The predicted molar refractivity (Wildman–Crippen MR) is 74.8 cm³/mol. The number of aliphatic hydroxyl groups is 1. The summed E-state index contributed by atoms with van der Waals surface area (Å²) < 4.78 is 5.29. The van der Waals surface area contributed by atoms with Crippen LogP contribution in [0.5, 0.6) is 0 Å². The normalized spacial score (nSPS) is 18.4. The Bertz CT molecular complexity index is 461. The lowest BCUT2D eigenvalue weighted by atomic mass is 9.94. The third-order valence-corrected chi connectivity index (χ3v) is 4.12. The van der Waals surface area contributed by atoms with Crippen molar-refractivity contribution in [3.05, 3.63) is 16.3 Å². The number of likely N-dealkylation sites (N-methyl/N-ethyl adjacent to an activating group) is 1. The summed E-state index contributed by atoms with van der Waals surface area (Å²) in [4.78, 5) is 1.94.